The van der Waals surface area contributed by atoms with Crippen molar-refractivity contribution in [1.82, 2.24) is 5.43 Å². The highest BCUT2D eigenvalue weighted by atomic mass is 16.5. The molecule has 0 aromatic heterocycles. The molecule has 0 aliphatic rings. The third-order valence-electron chi connectivity index (χ3n) is 4.14. The lowest BCUT2D eigenvalue weighted by Gasteiger charge is -2.11. The number of hydrogen-bond acceptors (Lipinski definition) is 3. The molecule has 4 heteroatoms. The van der Waals surface area contributed by atoms with Gasteiger partial charge in [0.25, 0.3) is 5.91 Å². The second-order valence-corrected chi connectivity index (χ2v) is 6.16. The Labute approximate surface area is 159 Å². The van der Waals surface area contributed by atoms with E-state index in [2.05, 4.69) is 10.5 Å². The van der Waals surface area contributed by atoms with Crippen molar-refractivity contribution in [3.8, 4) is 16.9 Å². The van der Waals surface area contributed by atoms with Gasteiger partial charge in [0.2, 0.25) is 0 Å². The number of hydrogen-bond donors (Lipinski definition) is 1. The standard InChI is InChI=1S/C23H22N2O2/c1-18(19-10-4-2-5-11-19)16-24-25-23(26)17-27-22-15-9-8-14-21(22)20-12-6-3-7-13-20/h2-16,18H,17H2,1H3,(H,25,26)/b24-16-/t18-/m1/s1. The van der Waals surface area contributed by atoms with Crippen molar-refractivity contribution >= 4 is 12.1 Å². The maximum Gasteiger partial charge on any atom is 0.277 e. The quantitative estimate of drug-likeness (QED) is 0.494. The van der Waals surface area contributed by atoms with Crippen LogP contribution in [0, 0.1) is 0 Å². The van der Waals surface area contributed by atoms with Crippen molar-refractivity contribution in [2.24, 2.45) is 5.10 Å². The van der Waals surface area contributed by atoms with E-state index in [9.17, 15) is 4.79 Å². The molecule has 1 amide bonds. The molecule has 3 aromatic carbocycles. The number of amides is 1. The molecule has 4 nitrogen and oxygen atoms in total. The molecule has 0 aliphatic heterocycles. The van der Waals surface area contributed by atoms with Gasteiger partial charge in [-0.3, -0.25) is 4.79 Å². The van der Waals surface area contributed by atoms with E-state index in [1.807, 2.05) is 91.9 Å². The molecule has 136 valence electrons. The number of carbonyl (C=O) groups excluding carboxylic acids is 1. The number of para-hydroxylation sites is 1. The smallest absolute Gasteiger partial charge is 0.277 e. The fourth-order valence-corrected chi connectivity index (χ4v) is 2.69. The highest BCUT2D eigenvalue weighted by molar-refractivity contribution is 5.79. The molecule has 0 radical (unpaired) electrons. The third-order valence-corrected chi connectivity index (χ3v) is 4.14. The summed E-state index contributed by atoms with van der Waals surface area (Å²) in [5, 5.41) is 4.04. The first-order valence-electron chi connectivity index (χ1n) is 8.88. The number of rotatable bonds is 7. The molecule has 3 aromatic rings. The second-order valence-electron chi connectivity index (χ2n) is 6.16. The molecule has 0 unspecified atom stereocenters. The maximum absolute atomic E-state index is 12.0. The predicted octanol–water partition coefficient (Wildman–Crippen LogP) is 4.64. The number of carbonyl (C=O) groups is 1. The number of nitrogens with one attached hydrogen (secondary N) is 1. The van der Waals surface area contributed by atoms with Crippen LogP contribution in [0.1, 0.15) is 18.4 Å². The Hall–Kier alpha value is -3.40. The molecule has 0 bridgehead atoms. The monoisotopic (exact) mass is 358 g/mol. The van der Waals surface area contributed by atoms with E-state index < -0.39 is 0 Å². The van der Waals surface area contributed by atoms with Crippen molar-refractivity contribution in [2.75, 3.05) is 6.61 Å². The van der Waals surface area contributed by atoms with Gasteiger partial charge in [-0.15, -0.1) is 0 Å². The third kappa shape index (κ3) is 5.28. The van der Waals surface area contributed by atoms with Crippen LogP contribution in [0.4, 0.5) is 0 Å². The van der Waals surface area contributed by atoms with E-state index in [-0.39, 0.29) is 18.4 Å². The number of ether oxygens (including phenoxy) is 1. The average Bonchev–Trinajstić information content (AvgIpc) is 2.73. The summed E-state index contributed by atoms with van der Waals surface area (Å²) in [7, 11) is 0. The van der Waals surface area contributed by atoms with E-state index in [1.54, 1.807) is 6.21 Å². The second kappa shape index (κ2) is 9.34. The fraction of sp³-hybridized carbons (Fsp3) is 0.130. The molecule has 3 rings (SSSR count). The van der Waals surface area contributed by atoms with E-state index in [0.717, 1.165) is 16.7 Å². The molecule has 0 fully saturated rings. The summed E-state index contributed by atoms with van der Waals surface area (Å²) < 4.78 is 5.71. The van der Waals surface area contributed by atoms with E-state index in [1.165, 1.54) is 0 Å². The summed E-state index contributed by atoms with van der Waals surface area (Å²) in [6, 6.07) is 27.6. The zero-order chi connectivity index (χ0) is 18.9. The summed E-state index contributed by atoms with van der Waals surface area (Å²) >= 11 is 0. The lowest BCUT2D eigenvalue weighted by atomic mass is 10.0. The van der Waals surface area contributed by atoms with Crippen LogP contribution < -0.4 is 10.2 Å². The van der Waals surface area contributed by atoms with Gasteiger partial charge in [-0.05, 0) is 17.2 Å². The zero-order valence-electron chi connectivity index (χ0n) is 15.2. The maximum atomic E-state index is 12.0. The van der Waals surface area contributed by atoms with E-state index >= 15 is 0 Å². The number of nitrogens with zero attached hydrogens (tertiary/aromatic N) is 1. The van der Waals surface area contributed by atoms with Gasteiger partial charge < -0.3 is 4.74 Å². The Balaban J connectivity index is 1.55. The Morgan fingerprint density at radius 3 is 2.33 bits per heavy atom. The van der Waals surface area contributed by atoms with Crippen LogP contribution in [-0.4, -0.2) is 18.7 Å². The van der Waals surface area contributed by atoms with Crippen LogP contribution in [0.5, 0.6) is 5.75 Å². The Bertz CT molecular complexity index is 893. The van der Waals surface area contributed by atoms with Crippen LogP contribution in [-0.2, 0) is 4.79 Å². The van der Waals surface area contributed by atoms with Crippen molar-refractivity contribution < 1.29 is 9.53 Å². The molecular formula is C23H22N2O2. The minimum atomic E-state index is -0.297. The lowest BCUT2D eigenvalue weighted by Crippen LogP contribution is -2.25. The molecule has 0 spiro atoms. The van der Waals surface area contributed by atoms with Crippen LogP contribution in [0.2, 0.25) is 0 Å². The van der Waals surface area contributed by atoms with Crippen LogP contribution in [0.3, 0.4) is 0 Å². The minimum absolute atomic E-state index is 0.0963. The van der Waals surface area contributed by atoms with Crippen LogP contribution in [0.25, 0.3) is 11.1 Å². The molecule has 27 heavy (non-hydrogen) atoms. The van der Waals surface area contributed by atoms with E-state index in [0.29, 0.717) is 5.75 Å². The average molecular weight is 358 g/mol. The van der Waals surface area contributed by atoms with Gasteiger partial charge in [-0.2, -0.15) is 5.10 Å². The SMILES string of the molecule is C[C@H](/C=N\NC(=O)COc1ccccc1-c1ccccc1)c1ccccc1. The summed E-state index contributed by atoms with van der Waals surface area (Å²) in [5.41, 5.74) is 5.66. The predicted molar refractivity (Wildman–Crippen MR) is 109 cm³/mol. The number of hydrazone groups is 1. The van der Waals surface area contributed by atoms with Crippen LogP contribution in [0.15, 0.2) is 90.0 Å². The molecule has 0 saturated heterocycles. The topological polar surface area (TPSA) is 50.7 Å². The normalized spacial score (nSPS) is 11.9. The van der Waals surface area contributed by atoms with Gasteiger partial charge in [0.05, 0.1) is 0 Å². The Morgan fingerprint density at radius 2 is 1.59 bits per heavy atom. The first kappa shape index (κ1) is 18.4. The minimum Gasteiger partial charge on any atom is -0.483 e. The Kier molecular flexibility index (Phi) is 6.36. The first-order valence-corrected chi connectivity index (χ1v) is 8.88. The summed E-state index contributed by atoms with van der Waals surface area (Å²) in [4.78, 5) is 12.0. The Morgan fingerprint density at radius 1 is 0.963 bits per heavy atom. The van der Waals surface area contributed by atoms with Gasteiger partial charge in [-0.1, -0.05) is 85.8 Å². The summed E-state index contributed by atoms with van der Waals surface area (Å²) in [5.74, 6) is 0.487. The fourth-order valence-electron chi connectivity index (χ4n) is 2.69. The van der Waals surface area contributed by atoms with Crippen molar-refractivity contribution in [3.63, 3.8) is 0 Å². The van der Waals surface area contributed by atoms with Crippen molar-refractivity contribution in [3.05, 3.63) is 90.5 Å². The zero-order valence-corrected chi connectivity index (χ0v) is 15.2. The van der Waals surface area contributed by atoms with Gasteiger partial charge >= 0.3 is 0 Å². The summed E-state index contributed by atoms with van der Waals surface area (Å²) in [6.45, 7) is 1.93. The van der Waals surface area contributed by atoms with Crippen molar-refractivity contribution in [2.45, 2.75) is 12.8 Å². The first-order chi connectivity index (χ1) is 13.2. The molecule has 0 saturated carbocycles. The molecule has 0 heterocycles. The largest absolute Gasteiger partial charge is 0.483 e. The van der Waals surface area contributed by atoms with Gasteiger partial charge in [-0.25, -0.2) is 5.43 Å². The molecule has 0 aliphatic carbocycles. The lowest BCUT2D eigenvalue weighted by molar-refractivity contribution is -0.123. The van der Waals surface area contributed by atoms with Crippen molar-refractivity contribution in [1.29, 1.82) is 0 Å². The number of benzene rings is 3. The highest BCUT2D eigenvalue weighted by Crippen LogP contribution is 2.29. The van der Waals surface area contributed by atoms with E-state index in [4.69, 9.17) is 4.74 Å². The highest BCUT2D eigenvalue weighted by Gasteiger charge is 2.08. The van der Waals surface area contributed by atoms with Gasteiger partial charge in [0, 0.05) is 17.7 Å². The molecule has 1 N–H and O–H groups in total. The molecular weight excluding hydrogens is 336 g/mol. The van der Waals surface area contributed by atoms with Gasteiger partial charge in [0.1, 0.15) is 5.75 Å². The van der Waals surface area contributed by atoms with Gasteiger partial charge in [0.15, 0.2) is 6.61 Å². The van der Waals surface area contributed by atoms with Crippen LogP contribution >= 0.6 is 0 Å². The molecule has 1 atom stereocenters. The summed E-state index contributed by atoms with van der Waals surface area (Å²) in [6.07, 6.45) is 1.71.